The number of fused-ring (bicyclic) bond motifs is 1. The van der Waals surface area contributed by atoms with E-state index in [1.165, 1.54) is 37.0 Å². The molecule has 2 aliphatic rings. The normalized spacial score (nSPS) is 35.6. The lowest BCUT2D eigenvalue weighted by Gasteiger charge is -2.04. The molecule has 0 heterocycles. The first-order valence-electron chi connectivity index (χ1n) is 3.77. The zero-order valence-electron chi connectivity index (χ0n) is 5.52. The Bertz CT molecular complexity index is 140. The van der Waals surface area contributed by atoms with Gasteiger partial charge >= 0.3 is 0 Å². The maximum atomic E-state index is 5.22. The quantitative estimate of drug-likeness (QED) is 0.465. The van der Waals surface area contributed by atoms with Gasteiger partial charge in [-0.2, -0.15) is 0 Å². The van der Waals surface area contributed by atoms with Gasteiger partial charge in [-0.1, -0.05) is 18.6 Å². The molecular formula is C8H11S. The molecule has 0 saturated heterocycles. The van der Waals surface area contributed by atoms with Gasteiger partial charge in [-0.3, -0.25) is 0 Å². The van der Waals surface area contributed by atoms with Crippen molar-refractivity contribution in [2.45, 2.75) is 32.1 Å². The first-order chi connectivity index (χ1) is 4.38. The molecule has 0 spiro atoms. The van der Waals surface area contributed by atoms with E-state index >= 15 is 0 Å². The molecule has 1 radical (unpaired) electrons. The monoisotopic (exact) mass is 139 g/mol. The molecule has 2 fully saturated rings. The summed E-state index contributed by atoms with van der Waals surface area (Å²) in [5.41, 5.74) is 0. The molecule has 49 valence electrons. The largest absolute Gasteiger partial charge is 0.0890 e. The van der Waals surface area contributed by atoms with E-state index in [0.717, 1.165) is 5.92 Å². The second-order valence-corrected chi connectivity index (χ2v) is 3.57. The van der Waals surface area contributed by atoms with Crippen LogP contribution < -0.4 is 0 Å². The summed E-state index contributed by atoms with van der Waals surface area (Å²) in [6, 6.07) is 0. The number of hydrogen-bond donors (Lipinski definition) is 0. The van der Waals surface area contributed by atoms with Crippen molar-refractivity contribution in [1.29, 1.82) is 0 Å². The van der Waals surface area contributed by atoms with E-state index in [0.29, 0.717) is 0 Å². The third kappa shape index (κ3) is 0.823. The second kappa shape index (κ2) is 2.05. The van der Waals surface area contributed by atoms with E-state index in [9.17, 15) is 0 Å². The zero-order valence-corrected chi connectivity index (χ0v) is 6.34. The molecular weight excluding hydrogens is 128 g/mol. The minimum Gasteiger partial charge on any atom is -0.0890 e. The molecule has 2 rings (SSSR count). The van der Waals surface area contributed by atoms with Crippen LogP contribution >= 0.6 is 12.2 Å². The third-order valence-corrected chi connectivity index (χ3v) is 3.04. The summed E-state index contributed by atoms with van der Waals surface area (Å²) in [6.45, 7) is 0. The molecule has 1 heteroatoms. The lowest BCUT2D eigenvalue weighted by Crippen LogP contribution is -2.01. The highest BCUT2D eigenvalue weighted by molar-refractivity contribution is 7.80. The first kappa shape index (κ1) is 5.84. The zero-order chi connectivity index (χ0) is 6.27. The van der Waals surface area contributed by atoms with E-state index in [1.807, 2.05) is 0 Å². The van der Waals surface area contributed by atoms with Crippen LogP contribution in [-0.4, -0.2) is 4.86 Å². The van der Waals surface area contributed by atoms with Gasteiger partial charge in [0.25, 0.3) is 0 Å². The Morgan fingerprint density at radius 2 is 2.11 bits per heavy atom. The Balaban J connectivity index is 2.15. The predicted molar refractivity (Wildman–Crippen MR) is 42.4 cm³/mol. The van der Waals surface area contributed by atoms with Crippen LogP contribution in [0.25, 0.3) is 0 Å². The van der Waals surface area contributed by atoms with Gasteiger partial charge in [0.05, 0.1) is 0 Å². The molecule has 9 heavy (non-hydrogen) atoms. The molecule has 1 unspecified atom stereocenters. The lowest BCUT2D eigenvalue weighted by atomic mass is 10.0. The van der Waals surface area contributed by atoms with Gasteiger partial charge < -0.3 is 0 Å². The van der Waals surface area contributed by atoms with Crippen LogP contribution in [0, 0.1) is 11.8 Å². The highest BCUT2D eigenvalue weighted by Crippen LogP contribution is 2.43. The molecule has 2 aliphatic carbocycles. The van der Waals surface area contributed by atoms with Crippen molar-refractivity contribution < 1.29 is 0 Å². The minimum atomic E-state index is 0.928. The molecule has 0 bridgehead atoms. The Labute approximate surface area is 61.6 Å². The average molecular weight is 139 g/mol. The standard InChI is InChI=1S/C8H11S/c9-8-5-4-6-2-1-3-7(6)8/h6H,1-5H2. The van der Waals surface area contributed by atoms with E-state index in [2.05, 4.69) is 0 Å². The van der Waals surface area contributed by atoms with Crippen LogP contribution in [0.3, 0.4) is 0 Å². The smallest absolute Gasteiger partial charge is 0.0149 e. The van der Waals surface area contributed by atoms with Gasteiger partial charge in [0.1, 0.15) is 0 Å². The molecule has 0 aliphatic heterocycles. The third-order valence-electron chi connectivity index (χ3n) is 2.57. The fraction of sp³-hybridized carbons (Fsp3) is 0.750. The van der Waals surface area contributed by atoms with E-state index < -0.39 is 0 Å². The fourth-order valence-corrected chi connectivity index (χ4v) is 2.46. The maximum Gasteiger partial charge on any atom is 0.0149 e. The van der Waals surface area contributed by atoms with Gasteiger partial charge in [0, 0.05) is 10.8 Å². The van der Waals surface area contributed by atoms with Crippen molar-refractivity contribution in [3.8, 4) is 0 Å². The number of hydrogen-bond acceptors (Lipinski definition) is 1. The Kier molecular flexibility index (Phi) is 1.33. The fourth-order valence-electron chi connectivity index (χ4n) is 2.07. The summed E-state index contributed by atoms with van der Waals surface area (Å²) in [7, 11) is 0. The number of thiocarbonyl (C=S) groups is 1. The summed E-state index contributed by atoms with van der Waals surface area (Å²) in [5.74, 6) is 2.57. The van der Waals surface area contributed by atoms with Crippen LogP contribution in [0.2, 0.25) is 0 Å². The van der Waals surface area contributed by atoms with Crippen molar-refractivity contribution in [2.24, 2.45) is 5.92 Å². The Morgan fingerprint density at radius 3 is 2.89 bits per heavy atom. The van der Waals surface area contributed by atoms with Gasteiger partial charge in [-0.05, 0) is 31.6 Å². The topological polar surface area (TPSA) is 0 Å². The van der Waals surface area contributed by atoms with Gasteiger partial charge in [0.15, 0.2) is 0 Å². The first-order valence-corrected chi connectivity index (χ1v) is 4.17. The van der Waals surface area contributed by atoms with E-state index in [-0.39, 0.29) is 0 Å². The minimum absolute atomic E-state index is 0.928. The predicted octanol–water partition coefficient (Wildman–Crippen LogP) is 2.52. The second-order valence-electron chi connectivity index (χ2n) is 3.08. The molecule has 0 amide bonds. The van der Waals surface area contributed by atoms with Crippen molar-refractivity contribution in [1.82, 2.24) is 0 Å². The SMILES string of the molecule is S=C1CCC2CCC[C]12. The Hall–Kier alpha value is 0.0900. The Morgan fingerprint density at radius 1 is 1.22 bits per heavy atom. The van der Waals surface area contributed by atoms with Crippen molar-refractivity contribution in [2.75, 3.05) is 0 Å². The van der Waals surface area contributed by atoms with Crippen molar-refractivity contribution >= 4 is 17.1 Å². The van der Waals surface area contributed by atoms with Crippen LogP contribution in [0.15, 0.2) is 0 Å². The molecule has 0 aromatic carbocycles. The average Bonchev–Trinajstić information content (AvgIpc) is 2.35. The molecule has 0 nitrogen and oxygen atoms in total. The summed E-state index contributed by atoms with van der Waals surface area (Å²) in [5, 5.41) is 0. The molecule has 0 aromatic heterocycles. The summed E-state index contributed by atoms with van der Waals surface area (Å²) >= 11 is 5.22. The molecule has 0 aromatic rings. The van der Waals surface area contributed by atoms with Crippen LogP contribution in [-0.2, 0) is 0 Å². The molecule has 0 N–H and O–H groups in total. The van der Waals surface area contributed by atoms with Gasteiger partial charge in [-0.25, -0.2) is 0 Å². The van der Waals surface area contributed by atoms with Crippen molar-refractivity contribution in [3.05, 3.63) is 5.92 Å². The van der Waals surface area contributed by atoms with Crippen molar-refractivity contribution in [3.63, 3.8) is 0 Å². The summed E-state index contributed by atoms with van der Waals surface area (Å²) < 4.78 is 0. The highest BCUT2D eigenvalue weighted by Gasteiger charge is 2.35. The van der Waals surface area contributed by atoms with E-state index in [1.54, 1.807) is 5.92 Å². The van der Waals surface area contributed by atoms with Crippen LogP contribution in [0.5, 0.6) is 0 Å². The van der Waals surface area contributed by atoms with Crippen LogP contribution in [0.1, 0.15) is 32.1 Å². The van der Waals surface area contributed by atoms with Crippen LogP contribution in [0.4, 0.5) is 0 Å². The highest BCUT2D eigenvalue weighted by atomic mass is 32.1. The van der Waals surface area contributed by atoms with E-state index in [4.69, 9.17) is 12.2 Å². The van der Waals surface area contributed by atoms with Gasteiger partial charge in [0.2, 0.25) is 0 Å². The summed E-state index contributed by atoms with van der Waals surface area (Å²) in [6.07, 6.45) is 6.74. The molecule has 1 atom stereocenters. The number of rotatable bonds is 0. The maximum absolute atomic E-state index is 5.22. The lowest BCUT2D eigenvalue weighted by molar-refractivity contribution is 0.602. The summed E-state index contributed by atoms with van der Waals surface area (Å²) in [4.78, 5) is 1.30. The molecule has 2 saturated carbocycles. The van der Waals surface area contributed by atoms with Gasteiger partial charge in [-0.15, -0.1) is 0 Å².